The van der Waals surface area contributed by atoms with Gasteiger partial charge in [-0.1, -0.05) is 13.8 Å². The quantitative estimate of drug-likeness (QED) is 0.635. The van der Waals surface area contributed by atoms with Crippen LogP contribution >= 0.6 is 0 Å². The lowest BCUT2D eigenvalue weighted by Gasteiger charge is -2.28. The van der Waals surface area contributed by atoms with Crippen LogP contribution in [0.1, 0.15) is 20.3 Å². The Balaban J connectivity index is 1.87. The largest absolute Gasteiger partial charge is 0.301 e. The Bertz CT molecular complexity index is 144. The molecule has 0 radical (unpaired) electrons. The fourth-order valence-corrected chi connectivity index (χ4v) is 2.33. The van der Waals surface area contributed by atoms with Crippen LogP contribution in [0.15, 0.2) is 0 Å². The van der Waals surface area contributed by atoms with Gasteiger partial charge in [0, 0.05) is 19.6 Å². The SMILES string of the molecule is CC(C)CN1C[C@@H]2CN[C@H]1C2. The normalized spacial score (nSPS) is 37.4. The summed E-state index contributed by atoms with van der Waals surface area (Å²) in [6, 6.07) is 0. The number of hydrogen-bond acceptors (Lipinski definition) is 2. The van der Waals surface area contributed by atoms with Crippen LogP contribution in [0, 0.1) is 11.8 Å². The predicted molar refractivity (Wildman–Crippen MR) is 46.3 cm³/mol. The highest BCUT2D eigenvalue weighted by Crippen LogP contribution is 2.27. The minimum absolute atomic E-state index is 0.724. The Hall–Kier alpha value is -0.0800. The van der Waals surface area contributed by atoms with Crippen molar-refractivity contribution in [2.45, 2.75) is 26.4 Å². The third-order valence-corrected chi connectivity index (χ3v) is 2.73. The number of fused-ring (bicyclic) bond motifs is 2. The molecule has 2 bridgehead atoms. The highest BCUT2D eigenvalue weighted by molar-refractivity contribution is 4.91. The Morgan fingerprint density at radius 1 is 1.55 bits per heavy atom. The molecule has 2 aliphatic rings. The molecule has 2 saturated heterocycles. The summed E-state index contributed by atoms with van der Waals surface area (Å²) in [6.07, 6.45) is 2.12. The van der Waals surface area contributed by atoms with Crippen LogP contribution in [0.25, 0.3) is 0 Å². The lowest BCUT2D eigenvalue weighted by Crippen LogP contribution is -2.45. The first-order valence-electron chi connectivity index (χ1n) is 4.73. The fourth-order valence-electron chi connectivity index (χ4n) is 2.33. The average molecular weight is 154 g/mol. The smallest absolute Gasteiger partial charge is 0.0600 e. The molecule has 0 amide bonds. The Morgan fingerprint density at radius 3 is 2.82 bits per heavy atom. The summed E-state index contributed by atoms with van der Waals surface area (Å²) in [5.74, 6) is 1.77. The number of hydrogen-bond donors (Lipinski definition) is 1. The first-order valence-corrected chi connectivity index (χ1v) is 4.73. The zero-order valence-electron chi connectivity index (χ0n) is 7.51. The van der Waals surface area contributed by atoms with Crippen molar-refractivity contribution >= 4 is 0 Å². The van der Waals surface area contributed by atoms with Gasteiger partial charge < -0.3 is 5.32 Å². The third-order valence-electron chi connectivity index (χ3n) is 2.73. The first kappa shape index (κ1) is 7.56. The van der Waals surface area contributed by atoms with Crippen molar-refractivity contribution in [3.8, 4) is 0 Å². The van der Waals surface area contributed by atoms with Crippen LogP contribution in [0.3, 0.4) is 0 Å². The highest BCUT2D eigenvalue weighted by Gasteiger charge is 2.37. The molecule has 64 valence electrons. The first-order chi connectivity index (χ1) is 5.25. The van der Waals surface area contributed by atoms with Gasteiger partial charge in [-0.15, -0.1) is 0 Å². The topological polar surface area (TPSA) is 15.3 Å². The maximum atomic E-state index is 3.54. The number of nitrogens with zero attached hydrogens (tertiary/aromatic N) is 1. The minimum Gasteiger partial charge on any atom is -0.301 e. The standard InChI is InChI=1S/C9H18N2/c1-7(2)5-11-6-8-3-9(11)10-4-8/h7-10H,3-6H2,1-2H3/t8-,9+/m0/s1. The molecule has 2 nitrogen and oxygen atoms in total. The third kappa shape index (κ3) is 1.42. The second-order valence-electron chi connectivity index (χ2n) is 4.37. The van der Waals surface area contributed by atoms with Crippen molar-refractivity contribution in [3.05, 3.63) is 0 Å². The van der Waals surface area contributed by atoms with Crippen LogP contribution in [0.4, 0.5) is 0 Å². The van der Waals surface area contributed by atoms with Crippen LogP contribution in [0.2, 0.25) is 0 Å². The van der Waals surface area contributed by atoms with Crippen LogP contribution in [-0.2, 0) is 0 Å². The fraction of sp³-hybridized carbons (Fsp3) is 1.00. The molecule has 0 spiro atoms. The summed E-state index contributed by atoms with van der Waals surface area (Å²) in [7, 11) is 0. The van der Waals surface area contributed by atoms with Crippen molar-refractivity contribution < 1.29 is 0 Å². The molecule has 1 N–H and O–H groups in total. The Kier molecular flexibility index (Phi) is 1.90. The van der Waals surface area contributed by atoms with Gasteiger partial charge in [0.05, 0.1) is 6.17 Å². The molecule has 0 saturated carbocycles. The number of likely N-dealkylation sites (tertiary alicyclic amines) is 1. The zero-order valence-corrected chi connectivity index (χ0v) is 7.51. The van der Waals surface area contributed by atoms with E-state index in [1.165, 1.54) is 26.1 Å². The highest BCUT2D eigenvalue weighted by atomic mass is 15.3. The van der Waals surface area contributed by atoms with E-state index in [2.05, 4.69) is 24.1 Å². The van der Waals surface area contributed by atoms with Gasteiger partial charge in [-0.2, -0.15) is 0 Å². The van der Waals surface area contributed by atoms with Gasteiger partial charge in [0.15, 0.2) is 0 Å². The van der Waals surface area contributed by atoms with E-state index in [1.807, 2.05) is 0 Å². The summed E-state index contributed by atoms with van der Waals surface area (Å²) in [5, 5.41) is 3.54. The molecule has 2 aliphatic heterocycles. The van der Waals surface area contributed by atoms with Crippen molar-refractivity contribution in [1.82, 2.24) is 10.2 Å². The van der Waals surface area contributed by atoms with Crippen molar-refractivity contribution in [2.24, 2.45) is 11.8 Å². The molecule has 2 atom stereocenters. The summed E-state index contributed by atoms with van der Waals surface area (Å²) in [6.45, 7) is 8.47. The molecule has 2 rings (SSSR count). The van der Waals surface area contributed by atoms with Crippen molar-refractivity contribution in [3.63, 3.8) is 0 Å². The van der Waals surface area contributed by atoms with E-state index in [0.29, 0.717) is 0 Å². The molecular formula is C9H18N2. The van der Waals surface area contributed by atoms with Gasteiger partial charge in [0.2, 0.25) is 0 Å². The monoisotopic (exact) mass is 154 g/mol. The van der Waals surface area contributed by atoms with Crippen molar-refractivity contribution in [1.29, 1.82) is 0 Å². The minimum atomic E-state index is 0.724. The van der Waals surface area contributed by atoms with Crippen LogP contribution < -0.4 is 5.32 Å². The molecule has 2 fully saturated rings. The lowest BCUT2D eigenvalue weighted by atomic mass is 10.1. The second-order valence-corrected chi connectivity index (χ2v) is 4.37. The van der Waals surface area contributed by atoms with E-state index >= 15 is 0 Å². The number of rotatable bonds is 2. The predicted octanol–water partition coefficient (Wildman–Crippen LogP) is 0.894. The van der Waals surface area contributed by atoms with Crippen LogP contribution in [0.5, 0.6) is 0 Å². The maximum Gasteiger partial charge on any atom is 0.0600 e. The van der Waals surface area contributed by atoms with Gasteiger partial charge in [-0.25, -0.2) is 0 Å². The molecule has 0 aromatic rings. The second kappa shape index (κ2) is 2.76. The zero-order chi connectivity index (χ0) is 7.84. The van der Waals surface area contributed by atoms with Gasteiger partial charge in [-0.3, -0.25) is 4.90 Å². The summed E-state index contributed by atoms with van der Waals surface area (Å²) < 4.78 is 0. The van der Waals surface area contributed by atoms with E-state index in [9.17, 15) is 0 Å². The summed E-state index contributed by atoms with van der Waals surface area (Å²) in [4.78, 5) is 2.60. The average Bonchev–Trinajstić information content (AvgIpc) is 2.45. The Morgan fingerprint density at radius 2 is 2.36 bits per heavy atom. The van der Waals surface area contributed by atoms with Gasteiger partial charge in [0.1, 0.15) is 0 Å². The summed E-state index contributed by atoms with van der Waals surface area (Å²) >= 11 is 0. The van der Waals surface area contributed by atoms with Gasteiger partial charge in [-0.05, 0) is 18.3 Å². The molecule has 0 aromatic carbocycles. The molecule has 0 unspecified atom stereocenters. The van der Waals surface area contributed by atoms with Crippen LogP contribution in [-0.4, -0.2) is 30.7 Å². The molecule has 0 aromatic heterocycles. The maximum absolute atomic E-state index is 3.54. The molecule has 0 aliphatic carbocycles. The number of nitrogens with one attached hydrogen (secondary N) is 1. The van der Waals surface area contributed by atoms with E-state index in [-0.39, 0.29) is 0 Å². The molecule has 2 heteroatoms. The van der Waals surface area contributed by atoms with E-state index < -0.39 is 0 Å². The lowest BCUT2D eigenvalue weighted by molar-refractivity contribution is 0.177. The van der Waals surface area contributed by atoms with E-state index in [0.717, 1.165) is 18.0 Å². The van der Waals surface area contributed by atoms with E-state index in [4.69, 9.17) is 0 Å². The molecule has 2 heterocycles. The Labute approximate surface area is 69.0 Å². The summed E-state index contributed by atoms with van der Waals surface area (Å²) in [5.41, 5.74) is 0. The van der Waals surface area contributed by atoms with Gasteiger partial charge >= 0.3 is 0 Å². The molecule has 11 heavy (non-hydrogen) atoms. The van der Waals surface area contributed by atoms with E-state index in [1.54, 1.807) is 0 Å². The van der Waals surface area contributed by atoms with Gasteiger partial charge in [0.25, 0.3) is 0 Å². The molecular weight excluding hydrogens is 136 g/mol. The van der Waals surface area contributed by atoms with Crippen molar-refractivity contribution in [2.75, 3.05) is 19.6 Å².